The van der Waals surface area contributed by atoms with Gasteiger partial charge in [0, 0.05) is 107 Å². The molecular weight excluding hydrogens is 1300 g/mol. The van der Waals surface area contributed by atoms with Crippen molar-refractivity contribution in [2.75, 3.05) is 50.4 Å². The Kier molecular flexibility index (Phi) is 22.6. The number of ether oxygens (including phenoxy) is 4. The SMILES string of the molecule is CCO/C=C(/C#N)C(=O)OCC.COC(=O)Cc1ccccc1.COC(=O)c1cnc2cc(C3CC3)nn2c1N.Nc1c(C=O)cnc2cc(C3CC3)nn12.Nc1c(CO)cnc2cc(C3CC3)nn12.Nc1cc(C2CC2)[nH]n1.O=c1[nH]c2c(cnc3cc(C4CC4)nn32)cc1-c1ccccc1. The third kappa shape index (κ3) is 17.7. The predicted molar refractivity (Wildman–Crippen MR) is 378 cm³/mol. The molecule has 526 valence electrons. The number of esters is 3. The lowest BCUT2D eigenvalue weighted by Crippen LogP contribution is -2.11. The number of fused-ring (bicyclic) bond motifs is 6. The number of benzene rings is 2. The average Bonchev–Trinajstić information content (AvgIpc) is 1.46. The Morgan fingerprint density at radius 3 is 1.63 bits per heavy atom. The van der Waals surface area contributed by atoms with Gasteiger partial charge in [-0.25, -0.2) is 29.5 Å². The minimum atomic E-state index is -0.645. The van der Waals surface area contributed by atoms with E-state index in [2.05, 4.69) is 69.7 Å². The number of hydrogen-bond acceptors (Lipinski definition) is 24. The van der Waals surface area contributed by atoms with Crippen molar-refractivity contribution in [3.05, 3.63) is 195 Å². The van der Waals surface area contributed by atoms with Gasteiger partial charge >= 0.3 is 17.9 Å². The molecule has 5 aliphatic rings. The maximum Gasteiger partial charge on any atom is 0.352 e. The molecule has 102 heavy (non-hydrogen) atoms. The zero-order valence-electron chi connectivity index (χ0n) is 56.7. The second-order valence-corrected chi connectivity index (χ2v) is 24.6. The molecule has 0 unspecified atom stereocenters. The highest BCUT2D eigenvalue weighted by atomic mass is 16.5. The van der Waals surface area contributed by atoms with Crippen molar-refractivity contribution in [2.24, 2.45) is 0 Å². The maximum absolute atomic E-state index is 12.5. The smallest absolute Gasteiger partial charge is 0.352 e. The van der Waals surface area contributed by atoms with Gasteiger partial charge in [0.25, 0.3) is 5.56 Å². The van der Waals surface area contributed by atoms with Crippen LogP contribution in [-0.2, 0) is 41.6 Å². The van der Waals surface area contributed by atoms with E-state index in [1.807, 2.05) is 97.1 Å². The number of carbonyl (C=O) groups is 4. The van der Waals surface area contributed by atoms with E-state index in [1.54, 1.807) is 41.3 Å². The molecule has 5 fully saturated rings. The highest BCUT2D eigenvalue weighted by Gasteiger charge is 2.31. The first-order chi connectivity index (χ1) is 49.5. The second kappa shape index (κ2) is 32.5. The topological polar surface area (TPSA) is 436 Å². The number of nitrogens with one attached hydrogen (secondary N) is 2. The quantitative estimate of drug-likeness (QED) is 0.0126. The van der Waals surface area contributed by atoms with Gasteiger partial charge in [0.1, 0.15) is 46.8 Å². The molecule has 0 spiro atoms. The van der Waals surface area contributed by atoms with Gasteiger partial charge in [0.2, 0.25) is 0 Å². The lowest BCUT2D eigenvalue weighted by atomic mass is 10.1. The average molecular weight is 1380 g/mol. The molecule has 0 radical (unpaired) electrons. The van der Waals surface area contributed by atoms with Crippen LogP contribution in [0.2, 0.25) is 0 Å². The molecule has 10 aromatic heterocycles. The summed E-state index contributed by atoms with van der Waals surface area (Å²) in [7, 11) is 2.70. The molecule has 17 rings (SSSR count). The van der Waals surface area contributed by atoms with Gasteiger partial charge in [0.15, 0.2) is 34.4 Å². The number of nitrogen functional groups attached to an aromatic ring is 4. The lowest BCUT2D eigenvalue weighted by molar-refractivity contribution is -0.140. The molecule has 0 saturated heterocycles. The molecule has 5 aliphatic carbocycles. The molecule has 0 atom stereocenters. The first-order valence-corrected chi connectivity index (χ1v) is 33.4. The van der Waals surface area contributed by atoms with Gasteiger partial charge < -0.3 is 52.0 Å². The number of nitrogens with two attached hydrogens (primary N) is 4. The van der Waals surface area contributed by atoms with E-state index >= 15 is 0 Å². The Morgan fingerprint density at radius 1 is 0.627 bits per heavy atom. The number of anilines is 4. The third-order valence-electron chi connectivity index (χ3n) is 16.8. The molecule has 10 heterocycles. The minimum Gasteiger partial charge on any atom is -0.500 e. The summed E-state index contributed by atoms with van der Waals surface area (Å²) < 4.78 is 24.9. The fraction of sp³-hybridized carbons (Fsp3) is 0.319. The standard InChI is InChI=1S/C18H14N4O.C11H12N4O2.C10H12N4O.C10H10N4O.C9H10O2.C8H11NO3.C6H9N3/c23-18-14(11-4-2-1-3-5-11)8-13-10-19-16-9-15(12-6-7-12)21-22(16)17(13)20-18;1-17-11(16)7-5-13-9-4-8(6-2-3-6)14-15(9)10(7)12;2*11-10-7(5-15)4-12-9-3-8(6-1-2-6)13-14(9)10;1-11-9(10)7-8-5-3-2-4-6-8;1-3-11-6-7(5-9)8(10)12-4-2;7-6-3-5(8-9-6)4-1-2-4/h1-5,8-10,12H,6-7H2,(H,20,23);4-6H,2-3,12H2,1H3;3-4,6,15H,1-2,5,11H2;3-6H,1-2,11H2;2-6H,7H2,1H3;6H,3-4H2,1-2H3;3-4H,1-2H2,(H3,7,8,9)/b;;;;;7-6-;. The number of nitrogens with zero attached hydrogens (tertiary/aromatic N) is 14. The summed E-state index contributed by atoms with van der Waals surface area (Å²) in [6.45, 7) is 4.01. The zero-order valence-corrected chi connectivity index (χ0v) is 56.7. The van der Waals surface area contributed by atoms with E-state index in [-0.39, 0.29) is 41.7 Å². The number of nitriles is 1. The van der Waals surface area contributed by atoms with Crippen LogP contribution in [0.3, 0.4) is 0 Å². The summed E-state index contributed by atoms with van der Waals surface area (Å²) in [6.07, 6.45) is 20.5. The number of hydrogen-bond donors (Lipinski definition) is 7. The normalized spacial score (nSPS) is 14.3. The Balaban J connectivity index is 0.000000122. The molecule has 30 nitrogen and oxygen atoms in total. The number of aldehydes is 1. The van der Waals surface area contributed by atoms with Crippen molar-refractivity contribution in [2.45, 2.75) is 121 Å². The number of methoxy groups -OCH3 is 2. The first-order valence-electron chi connectivity index (χ1n) is 33.4. The van der Waals surface area contributed by atoms with Crippen LogP contribution in [-0.4, -0.2) is 130 Å². The zero-order chi connectivity index (χ0) is 72.0. The van der Waals surface area contributed by atoms with Crippen LogP contribution in [0.25, 0.3) is 44.7 Å². The van der Waals surface area contributed by atoms with Crippen LogP contribution in [0, 0.1) is 11.3 Å². The number of aliphatic hydroxyl groups excluding tert-OH is 1. The molecule has 5 saturated carbocycles. The molecular formula is C72H78N20O10. The molecule has 0 aliphatic heterocycles. The monoisotopic (exact) mass is 1380 g/mol. The van der Waals surface area contributed by atoms with Crippen molar-refractivity contribution in [1.82, 2.24) is 73.6 Å². The van der Waals surface area contributed by atoms with Crippen LogP contribution in [0.4, 0.5) is 23.3 Å². The largest absolute Gasteiger partial charge is 0.500 e. The van der Waals surface area contributed by atoms with Crippen LogP contribution in [0.5, 0.6) is 0 Å². The highest BCUT2D eigenvalue weighted by Crippen LogP contribution is 2.43. The van der Waals surface area contributed by atoms with E-state index < -0.39 is 11.9 Å². The number of aliphatic hydroxyl groups is 1. The van der Waals surface area contributed by atoms with Gasteiger partial charge in [-0.05, 0) is 95.2 Å². The summed E-state index contributed by atoms with van der Waals surface area (Å²) in [5, 5.41) is 42.9. The summed E-state index contributed by atoms with van der Waals surface area (Å²) in [5.41, 5.74) is 35.5. The molecule has 0 amide bonds. The molecule has 0 bridgehead atoms. The Bertz CT molecular complexity index is 5090. The van der Waals surface area contributed by atoms with Gasteiger partial charge in [-0.1, -0.05) is 60.7 Å². The highest BCUT2D eigenvalue weighted by molar-refractivity contribution is 5.94. The predicted octanol–water partition coefficient (Wildman–Crippen LogP) is 9.04. The molecule has 12 aromatic rings. The van der Waals surface area contributed by atoms with E-state index in [1.165, 1.54) is 92.7 Å². The number of carbonyl (C=O) groups excluding carboxylic acids is 4. The summed E-state index contributed by atoms with van der Waals surface area (Å²) in [4.78, 5) is 76.2. The lowest BCUT2D eigenvalue weighted by Gasteiger charge is -2.04. The fourth-order valence-electron chi connectivity index (χ4n) is 10.5. The van der Waals surface area contributed by atoms with Gasteiger partial charge in [-0.2, -0.15) is 48.8 Å². The van der Waals surface area contributed by atoms with E-state index in [4.69, 9.17) is 38.0 Å². The van der Waals surface area contributed by atoms with Gasteiger partial charge in [0.05, 0.1) is 68.8 Å². The van der Waals surface area contributed by atoms with Crippen molar-refractivity contribution in [3.8, 4) is 17.2 Å². The van der Waals surface area contributed by atoms with Crippen molar-refractivity contribution in [1.29, 1.82) is 5.26 Å². The van der Waals surface area contributed by atoms with Crippen molar-refractivity contribution < 1.29 is 43.2 Å². The summed E-state index contributed by atoms with van der Waals surface area (Å²) in [6, 6.07) is 32.5. The number of H-pyrrole nitrogens is 2. The summed E-state index contributed by atoms with van der Waals surface area (Å²) >= 11 is 0. The molecule has 2 aromatic carbocycles. The van der Waals surface area contributed by atoms with Crippen LogP contribution in [0.15, 0.2) is 138 Å². The minimum absolute atomic E-state index is 0.104. The first kappa shape index (κ1) is 70.9. The third-order valence-corrected chi connectivity index (χ3v) is 16.8. The maximum atomic E-state index is 12.5. The van der Waals surface area contributed by atoms with Crippen molar-refractivity contribution >= 4 is 81.1 Å². The number of aromatic amines is 2. The van der Waals surface area contributed by atoms with E-state index in [0.717, 1.165) is 75.6 Å². The van der Waals surface area contributed by atoms with Crippen LogP contribution < -0.4 is 28.5 Å². The van der Waals surface area contributed by atoms with Crippen molar-refractivity contribution in [3.63, 3.8) is 0 Å². The van der Waals surface area contributed by atoms with E-state index in [9.17, 15) is 24.0 Å². The van der Waals surface area contributed by atoms with Gasteiger partial charge in [-0.3, -0.25) is 19.5 Å². The number of rotatable bonds is 15. The Labute approximate surface area is 583 Å². The van der Waals surface area contributed by atoms with Gasteiger partial charge in [-0.15, -0.1) is 0 Å². The van der Waals surface area contributed by atoms with Crippen LogP contribution >= 0.6 is 0 Å². The molecule has 30 heteroatoms. The summed E-state index contributed by atoms with van der Waals surface area (Å²) in [5.74, 6) is 3.34. The number of pyridine rings is 1. The Hall–Kier alpha value is -12.4. The number of aromatic nitrogens is 15. The second-order valence-electron chi connectivity index (χ2n) is 24.6. The van der Waals surface area contributed by atoms with E-state index in [0.29, 0.717) is 94.1 Å². The fourth-order valence-corrected chi connectivity index (χ4v) is 10.5. The Morgan fingerprint density at radius 2 is 1.14 bits per heavy atom. The molecule has 11 N–H and O–H groups in total. The van der Waals surface area contributed by atoms with Crippen LogP contribution in [0.1, 0.15) is 168 Å².